The lowest BCUT2D eigenvalue weighted by atomic mass is 10.1. The highest BCUT2D eigenvalue weighted by molar-refractivity contribution is 6.30. The van der Waals surface area contributed by atoms with Crippen molar-refractivity contribution in [3.8, 4) is 11.8 Å². The van der Waals surface area contributed by atoms with Crippen molar-refractivity contribution in [1.82, 2.24) is 0 Å². The fourth-order valence-electron chi connectivity index (χ4n) is 1.94. The molecule has 2 aromatic carbocycles. The number of ether oxygens (including phenoxy) is 2. The van der Waals surface area contributed by atoms with Gasteiger partial charge in [0.2, 0.25) is 0 Å². The highest BCUT2D eigenvalue weighted by Gasteiger charge is 2.11. The van der Waals surface area contributed by atoms with Crippen molar-refractivity contribution in [3.05, 3.63) is 70.3 Å². The zero-order valence-electron chi connectivity index (χ0n) is 13.2. The molecule has 2 rings (SSSR count). The fraction of sp³-hybridized carbons (Fsp3) is 0.158. The Labute approximate surface area is 145 Å². The minimum atomic E-state index is -0.665. The second-order valence-electron chi connectivity index (χ2n) is 4.87. The highest BCUT2D eigenvalue weighted by Crippen LogP contribution is 2.16. The van der Waals surface area contributed by atoms with Gasteiger partial charge >= 0.3 is 5.97 Å². The van der Waals surface area contributed by atoms with Gasteiger partial charge in [-0.25, -0.2) is 4.79 Å². The molecule has 0 heterocycles. The third-order valence-corrected chi connectivity index (χ3v) is 3.38. The van der Waals surface area contributed by atoms with Gasteiger partial charge in [-0.2, -0.15) is 5.26 Å². The topological polar surface area (TPSA) is 59.3 Å². The zero-order valence-corrected chi connectivity index (χ0v) is 13.9. The number of nitriles is 1. The number of hydrogen-bond donors (Lipinski definition) is 0. The molecule has 0 atom stereocenters. The largest absolute Gasteiger partial charge is 0.494 e. The third-order valence-electron chi connectivity index (χ3n) is 3.13. The summed E-state index contributed by atoms with van der Waals surface area (Å²) in [6.45, 7) is 2.56. The molecular weight excluding hydrogens is 326 g/mol. The standard InChI is InChI=1S/C19H16ClNO3/c1-2-23-18-9-5-14(6-10-18)11-16(12-21)19(22)24-13-15-3-7-17(20)8-4-15/h3-11H,2,13H2,1H3/b16-11+. The number of carbonyl (C=O) groups excluding carboxylic acids is 1. The summed E-state index contributed by atoms with van der Waals surface area (Å²) in [5.41, 5.74) is 1.46. The molecule has 4 nitrogen and oxygen atoms in total. The van der Waals surface area contributed by atoms with Crippen LogP contribution in [0.4, 0.5) is 0 Å². The van der Waals surface area contributed by atoms with E-state index >= 15 is 0 Å². The summed E-state index contributed by atoms with van der Waals surface area (Å²) in [7, 11) is 0. The van der Waals surface area contributed by atoms with Gasteiger partial charge in [0, 0.05) is 5.02 Å². The van der Waals surface area contributed by atoms with Gasteiger partial charge in [-0.05, 0) is 48.4 Å². The first-order valence-electron chi connectivity index (χ1n) is 7.38. The van der Waals surface area contributed by atoms with E-state index in [0.717, 1.165) is 16.9 Å². The van der Waals surface area contributed by atoms with Crippen LogP contribution in [-0.4, -0.2) is 12.6 Å². The van der Waals surface area contributed by atoms with E-state index in [-0.39, 0.29) is 12.2 Å². The third kappa shape index (κ3) is 5.15. The van der Waals surface area contributed by atoms with Crippen molar-refractivity contribution < 1.29 is 14.3 Å². The molecule has 0 aliphatic heterocycles. The Morgan fingerprint density at radius 1 is 1.17 bits per heavy atom. The predicted octanol–water partition coefficient (Wildman–Crippen LogP) is 4.39. The van der Waals surface area contributed by atoms with Crippen molar-refractivity contribution >= 4 is 23.6 Å². The molecule has 0 aliphatic carbocycles. The Balaban J connectivity index is 2.02. The van der Waals surface area contributed by atoms with Crippen LogP contribution in [0.1, 0.15) is 18.1 Å². The number of halogens is 1. The van der Waals surface area contributed by atoms with Crippen molar-refractivity contribution in [2.45, 2.75) is 13.5 Å². The molecule has 5 heteroatoms. The molecule has 0 aliphatic rings. The maximum Gasteiger partial charge on any atom is 0.349 e. The van der Waals surface area contributed by atoms with Gasteiger partial charge in [0.15, 0.2) is 0 Å². The minimum Gasteiger partial charge on any atom is -0.494 e. The van der Waals surface area contributed by atoms with Crippen molar-refractivity contribution in [1.29, 1.82) is 5.26 Å². The summed E-state index contributed by atoms with van der Waals surface area (Å²) in [4.78, 5) is 12.0. The first kappa shape index (κ1) is 17.6. The summed E-state index contributed by atoms with van der Waals surface area (Å²) in [5, 5.41) is 9.78. The number of benzene rings is 2. The lowest BCUT2D eigenvalue weighted by Gasteiger charge is -2.05. The average molecular weight is 342 g/mol. The Morgan fingerprint density at radius 3 is 2.42 bits per heavy atom. The van der Waals surface area contributed by atoms with E-state index < -0.39 is 5.97 Å². The molecule has 0 amide bonds. The van der Waals surface area contributed by atoms with E-state index in [1.165, 1.54) is 6.08 Å². The van der Waals surface area contributed by atoms with E-state index in [2.05, 4.69) is 0 Å². The first-order valence-corrected chi connectivity index (χ1v) is 7.76. The summed E-state index contributed by atoms with van der Waals surface area (Å²) in [6, 6.07) is 15.9. The Kier molecular flexibility index (Phi) is 6.41. The summed E-state index contributed by atoms with van der Waals surface area (Å²) < 4.78 is 10.5. The molecule has 0 aromatic heterocycles. The van der Waals surface area contributed by atoms with Crippen LogP contribution in [0.5, 0.6) is 5.75 Å². The Hall–Kier alpha value is -2.77. The molecule has 0 saturated carbocycles. The average Bonchev–Trinajstić information content (AvgIpc) is 2.60. The van der Waals surface area contributed by atoms with E-state index in [9.17, 15) is 4.79 Å². The van der Waals surface area contributed by atoms with Gasteiger partial charge < -0.3 is 9.47 Å². The van der Waals surface area contributed by atoms with Crippen LogP contribution < -0.4 is 4.74 Å². The number of carbonyl (C=O) groups is 1. The van der Waals surface area contributed by atoms with Crippen LogP contribution in [0.15, 0.2) is 54.1 Å². The minimum absolute atomic E-state index is 0.0619. The Morgan fingerprint density at radius 2 is 1.83 bits per heavy atom. The number of esters is 1. The summed E-state index contributed by atoms with van der Waals surface area (Å²) in [5.74, 6) is 0.0693. The number of hydrogen-bond acceptors (Lipinski definition) is 4. The molecule has 0 unspecified atom stereocenters. The second-order valence-corrected chi connectivity index (χ2v) is 5.31. The van der Waals surface area contributed by atoms with Gasteiger partial charge in [0.25, 0.3) is 0 Å². The second kappa shape index (κ2) is 8.76. The van der Waals surface area contributed by atoms with Crippen LogP contribution in [0.25, 0.3) is 6.08 Å². The molecule has 0 fully saturated rings. The molecular formula is C19H16ClNO3. The maximum absolute atomic E-state index is 12.0. The molecule has 0 saturated heterocycles. The SMILES string of the molecule is CCOc1ccc(/C=C(\C#N)C(=O)OCc2ccc(Cl)cc2)cc1. The molecule has 2 aromatic rings. The summed E-state index contributed by atoms with van der Waals surface area (Å²) >= 11 is 5.80. The van der Waals surface area contributed by atoms with Crippen molar-refractivity contribution in [2.24, 2.45) is 0 Å². The normalized spacial score (nSPS) is 10.8. The Bertz CT molecular complexity index is 759. The van der Waals surface area contributed by atoms with Crippen LogP contribution in [0, 0.1) is 11.3 Å². The van der Waals surface area contributed by atoms with Crippen LogP contribution >= 0.6 is 11.6 Å². The fourth-order valence-corrected chi connectivity index (χ4v) is 2.06. The lowest BCUT2D eigenvalue weighted by molar-refractivity contribution is -0.139. The smallest absolute Gasteiger partial charge is 0.349 e. The zero-order chi connectivity index (χ0) is 17.4. The van der Waals surface area contributed by atoms with Crippen LogP contribution in [0.3, 0.4) is 0 Å². The number of nitrogens with zero attached hydrogens (tertiary/aromatic N) is 1. The predicted molar refractivity (Wildman–Crippen MR) is 92.4 cm³/mol. The lowest BCUT2D eigenvalue weighted by Crippen LogP contribution is -2.06. The van der Waals surface area contributed by atoms with Crippen LogP contribution in [-0.2, 0) is 16.1 Å². The van der Waals surface area contributed by atoms with Crippen molar-refractivity contribution in [3.63, 3.8) is 0 Å². The molecule has 0 spiro atoms. The monoisotopic (exact) mass is 341 g/mol. The maximum atomic E-state index is 12.0. The molecule has 0 radical (unpaired) electrons. The molecule has 0 bridgehead atoms. The van der Waals surface area contributed by atoms with Gasteiger partial charge in [0.1, 0.15) is 24.0 Å². The van der Waals surface area contributed by atoms with E-state index in [4.69, 9.17) is 26.3 Å². The van der Waals surface area contributed by atoms with Gasteiger partial charge in [-0.3, -0.25) is 0 Å². The quantitative estimate of drug-likeness (QED) is 0.444. The van der Waals surface area contributed by atoms with E-state index in [1.807, 2.05) is 13.0 Å². The van der Waals surface area contributed by atoms with E-state index in [0.29, 0.717) is 11.6 Å². The van der Waals surface area contributed by atoms with Crippen LogP contribution in [0.2, 0.25) is 5.02 Å². The molecule has 122 valence electrons. The molecule has 24 heavy (non-hydrogen) atoms. The van der Waals surface area contributed by atoms with Gasteiger partial charge in [-0.1, -0.05) is 35.9 Å². The first-order chi connectivity index (χ1) is 11.6. The van der Waals surface area contributed by atoms with Gasteiger partial charge in [-0.15, -0.1) is 0 Å². The summed E-state index contributed by atoms with van der Waals surface area (Å²) in [6.07, 6.45) is 1.49. The number of rotatable bonds is 6. The highest BCUT2D eigenvalue weighted by atomic mass is 35.5. The van der Waals surface area contributed by atoms with Gasteiger partial charge in [0.05, 0.1) is 6.61 Å². The van der Waals surface area contributed by atoms with Crippen molar-refractivity contribution in [2.75, 3.05) is 6.61 Å². The van der Waals surface area contributed by atoms with E-state index in [1.54, 1.807) is 48.5 Å². The molecule has 0 N–H and O–H groups in total.